The van der Waals surface area contributed by atoms with E-state index < -0.39 is 5.82 Å². The van der Waals surface area contributed by atoms with Crippen molar-refractivity contribution >= 4 is 11.6 Å². The van der Waals surface area contributed by atoms with Crippen LogP contribution in [0, 0.1) is 17.7 Å². The van der Waals surface area contributed by atoms with Gasteiger partial charge in [-0.05, 0) is 24.3 Å². The lowest BCUT2D eigenvalue weighted by Crippen LogP contribution is -2.13. The van der Waals surface area contributed by atoms with Gasteiger partial charge in [0, 0.05) is 6.20 Å². The van der Waals surface area contributed by atoms with Crippen molar-refractivity contribution in [3.05, 3.63) is 47.5 Å². The van der Waals surface area contributed by atoms with Gasteiger partial charge in [0.2, 0.25) is 0 Å². The Morgan fingerprint density at radius 2 is 2.32 bits per heavy atom. The molecule has 19 heavy (non-hydrogen) atoms. The van der Waals surface area contributed by atoms with Gasteiger partial charge in [-0.25, -0.2) is 4.39 Å². The highest BCUT2D eigenvalue weighted by molar-refractivity contribution is 6.03. The van der Waals surface area contributed by atoms with Gasteiger partial charge in [0.25, 0.3) is 5.91 Å². The molecular weight excluding hydrogens is 247 g/mol. The fourth-order valence-corrected chi connectivity index (χ4v) is 1.45. The van der Waals surface area contributed by atoms with E-state index in [2.05, 4.69) is 27.4 Å². The van der Waals surface area contributed by atoms with E-state index in [-0.39, 0.29) is 12.5 Å². The standard InChI is InChI=1S/C13H11FN4O/c14-10-3-4-11(9(8-10)2-1-6-15)17-13(19)12-5-7-16-18-12/h3-5,7-8H,6,15H2,(H,16,18)(H,17,19). The van der Waals surface area contributed by atoms with Gasteiger partial charge in [-0.3, -0.25) is 9.89 Å². The monoisotopic (exact) mass is 258 g/mol. The molecule has 0 aliphatic heterocycles. The summed E-state index contributed by atoms with van der Waals surface area (Å²) >= 11 is 0. The van der Waals surface area contributed by atoms with Gasteiger partial charge in [-0.2, -0.15) is 5.10 Å². The van der Waals surface area contributed by atoms with Crippen LogP contribution in [0.5, 0.6) is 0 Å². The molecule has 0 fully saturated rings. The van der Waals surface area contributed by atoms with Crippen LogP contribution in [0.4, 0.5) is 10.1 Å². The maximum atomic E-state index is 13.2. The molecule has 0 atom stereocenters. The number of benzene rings is 1. The number of nitrogens with two attached hydrogens (primary N) is 1. The molecule has 0 saturated heterocycles. The number of nitrogens with zero attached hydrogens (tertiary/aromatic N) is 1. The number of carbonyl (C=O) groups is 1. The Balaban J connectivity index is 2.27. The third kappa shape index (κ3) is 3.18. The predicted molar refractivity (Wildman–Crippen MR) is 68.9 cm³/mol. The summed E-state index contributed by atoms with van der Waals surface area (Å²) in [4.78, 5) is 11.8. The van der Waals surface area contributed by atoms with Crippen molar-refractivity contribution < 1.29 is 9.18 Å². The number of halogens is 1. The van der Waals surface area contributed by atoms with E-state index in [1.807, 2.05) is 0 Å². The van der Waals surface area contributed by atoms with Crippen LogP contribution >= 0.6 is 0 Å². The van der Waals surface area contributed by atoms with E-state index >= 15 is 0 Å². The number of nitrogens with one attached hydrogen (secondary N) is 2. The van der Waals surface area contributed by atoms with Crippen LogP contribution in [-0.2, 0) is 0 Å². The first-order valence-corrected chi connectivity index (χ1v) is 5.50. The molecule has 0 unspecified atom stereocenters. The molecule has 2 aromatic rings. The molecule has 1 amide bonds. The van der Waals surface area contributed by atoms with E-state index in [4.69, 9.17) is 5.73 Å². The van der Waals surface area contributed by atoms with Gasteiger partial charge in [0.1, 0.15) is 11.5 Å². The molecule has 0 radical (unpaired) electrons. The zero-order chi connectivity index (χ0) is 13.7. The highest BCUT2D eigenvalue weighted by Crippen LogP contribution is 2.16. The van der Waals surface area contributed by atoms with E-state index in [9.17, 15) is 9.18 Å². The van der Waals surface area contributed by atoms with Gasteiger partial charge >= 0.3 is 0 Å². The van der Waals surface area contributed by atoms with Crippen molar-refractivity contribution in [2.45, 2.75) is 0 Å². The number of rotatable bonds is 2. The topological polar surface area (TPSA) is 83.8 Å². The number of aromatic nitrogens is 2. The number of amides is 1. The molecule has 4 N–H and O–H groups in total. The normalized spacial score (nSPS) is 9.58. The van der Waals surface area contributed by atoms with Gasteiger partial charge in [-0.15, -0.1) is 0 Å². The Hall–Kier alpha value is -2.65. The molecule has 1 aromatic heterocycles. The van der Waals surface area contributed by atoms with Crippen molar-refractivity contribution in [1.29, 1.82) is 0 Å². The molecule has 6 heteroatoms. The van der Waals surface area contributed by atoms with Crippen LogP contribution < -0.4 is 11.1 Å². The first-order valence-electron chi connectivity index (χ1n) is 5.50. The van der Waals surface area contributed by atoms with E-state index in [0.717, 1.165) is 0 Å². The first-order chi connectivity index (χ1) is 9.20. The van der Waals surface area contributed by atoms with Crippen LogP contribution in [0.3, 0.4) is 0 Å². The quantitative estimate of drug-likeness (QED) is 0.705. The number of hydrogen-bond acceptors (Lipinski definition) is 3. The van der Waals surface area contributed by atoms with E-state index in [1.54, 1.807) is 0 Å². The van der Waals surface area contributed by atoms with Crippen molar-refractivity contribution in [2.75, 3.05) is 11.9 Å². The molecule has 0 saturated carbocycles. The second-order valence-electron chi connectivity index (χ2n) is 3.62. The molecule has 96 valence electrons. The third-order valence-corrected chi connectivity index (χ3v) is 2.30. The summed E-state index contributed by atoms with van der Waals surface area (Å²) in [6.45, 7) is 0.157. The SMILES string of the molecule is NCC#Cc1cc(F)ccc1NC(=O)c1ccn[nH]1. The van der Waals surface area contributed by atoms with Crippen LogP contribution in [0.1, 0.15) is 16.1 Å². The first kappa shape index (κ1) is 12.8. The number of hydrogen-bond donors (Lipinski definition) is 3. The number of aromatic amines is 1. The predicted octanol–water partition coefficient (Wildman–Crippen LogP) is 1.11. The zero-order valence-corrected chi connectivity index (χ0v) is 9.90. The Labute approximate surface area is 109 Å². The van der Waals surface area contributed by atoms with Crippen LogP contribution in [-0.4, -0.2) is 22.6 Å². The van der Waals surface area contributed by atoms with Gasteiger partial charge in [0.05, 0.1) is 17.8 Å². The molecule has 2 rings (SSSR count). The highest BCUT2D eigenvalue weighted by Gasteiger charge is 2.09. The summed E-state index contributed by atoms with van der Waals surface area (Å²) in [5.41, 5.74) is 6.37. The fourth-order valence-electron chi connectivity index (χ4n) is 1.45. The van der Waals surface area contributed by atoms with E-state index in [0.29, 0.717) is 16.9 Å². The lowest BCUT2D eigenvalue weighted by Gasteiger charge is -2.06. The van der Waals surface area contributed by atoms with Gasteiger partial charge in [0.15, 0.2) is 0 Å². The smallest absolute Gasteiger partial charge is 0.273 e. The fraction of sp³-hybridized carbons (Fsp3) is 0.0769. The van der Waals surface area contributed by atoms with Crippen molar-refractivity contribution in [2.24, 2.45) is 5.73 Å². The average molecular weight is 258 g/mol. The lowest BCUT2D eigenvalue weighted by atomic mass is 10.1. The molecule has 0 spiro atoms. The Kier molecular flexibility index (Phi) is 3.90. The van der Waals surface area contributed by atoms with Gasteiger partial charge < -0.3 is 11.1 Å². The summed E-state index contributed by atoms with van der Waals surface area (Å²) in [5.74, 6) is 4.52. The Morgan fingerprint density at radius 1 is 1.47 bits per heavy atom. The van der Waals surface area contributed by atoms with Crippen LogP contribution in [0.25, 0.3) is 0 Å². The maximum absolute atomic E-state index is 13.2. The minimum absolute atomic E-state index is 0.157. The Bertz CT molecular complexity index is 640. The van der Waals surface area contributed by atoms with Gasteiger partial charge in [-0.1, -0.05) is 11.8 Å². The zero-order valence-electron chi connectivity index (χ0n) is 9.90. The Morgan fingerprint density at radius 3 is 3.00 bits per heavy atom. The minimum Gasteiger partial charge on any atom is -0.320 e. The molecular formula is C13H11FN4O. The number of H-pyrrole nitrogens is 1. The van der Waals surface area contributed by atoms with E-state index in [1.165, 1.54) is 30.5 Å². The molecule has 0 aliphatic carbocycles. The minimum atomic E-state index is -0.430. The summed E-state index contributed by atoms with van der Waals surface area (Å²) in [7, 11) is 0. The molecule has 5 nitrogen and oxygen atoms in total. The molecule has 1 heterocycles. The lowest BCUT2D eigenvalue weighted by molar-refractivity contribution is 0.102. The average Bonchev–Trinajstić information content (AvgIpc) is 2.93. The second kappa shape index (κ2) is 5.80. The molecule has 0 aliphatic rings. The maximum Gasteiger partial charge on any atom is 0.273 e. The van der Waals surface area contributed by atoms with Crippen LogP contribution in [0.2, 0.25) is 0 Å². The summed E-state index contributed by atoms with van der Waals surface area (Å²) < 4.78 is 13.2. The number of anilines is 1. The summed E-state index contributed by atoms with van der Waals surface area (Å²) in [6.07, 6.45) is 1.47. The number of carbonyl (C=O) groups excluding carboxylic acids is 1. The molecule has 1 aromatic carbocycles. The third-order valence-electron chi connectivity index (χ3n) is 2.30. The summed E-state index contributed by atoms with van der Waals surface area (Å²) in [6, 6.07) is 5.47. The van der Waals surface area contributed by atoms with Crippen molar-refractivity contribution in [1.82, 2.24) is 10.2 Å². The van der Waals surface area contributed by atoms with Crippen molar-refractivity contribution in [3.8, 4) is 11.8 Å². The summed E-state index contributed by atoms with van der Waals surface area (Å²) in [5, 5.41) is 8.85. The van der Waals surface area contributed by atoms with Crippen molar-refractivity contribution in [3.63, 3.8) is 0 Å². The second-order valence-corrected chi connectivity index (χ2v) is 3.62. The molecule has 0 bridgehead atoms. The highest BCUT2D eigenvalue weighted by atomic mass is 19.1. The van der Waals surface area contributed by atoms with Crippen LogP contribution in [0.15, 0.2) is 30.5 Å². The largest absolute Gasteiger partial charge is 0.320 e.